The molecule has 1 aliphatic rings. The van der Waals surface area contributed by atoms with E-state index in [1.807, 2.05) is 12.1 Å². The van der Waals surface area contributed by atoms with Crippen LogP contribution in [0.3, 0.4) is 0 Å². The van der Waals surface area contributed by atoms with Crippen molar-refractivity contribution in [2.45, 2.75) is 38.6 Å². The molecule has 0 unspecified atom stereocenters. The summed E-state index contributed by atoms with van der Waals surface area (Å²) in [6, 6.07) is 8.23. The van der Waals surface area contributed by atoms with E-state index in [0.717, 1.165) is 29.4 Å². The molecule has 3 rings (SSSR count). The third-order valence-corrected chi connectivity index (χ3v) is 4.78. The molecule has 3 heteroatoms. The van der Waals surface area contributed by atoms with E-state index in [-0.39, 0.29) is 0 Å². The molecule has 1 heterocycles. The molecule has 0 saturated heterocycles. The van der Waals surface area contributed by atoms with E-state index in [1.165, 1.54) is 44.2 Å². The molecule has 108 valence electrons. The molecule has 0 radical (unpaired) electrons. The van der Waals surface area contributed by atoms with Gasteiger partial charge in [0.25, 0.3) is 0 Å². The number of benzene rings is 1. The zero-order chi connectivity index (χ0) is 13.8. The van der Waals surface area contributed by atoms with E-state index in [2.05, 4.69) is 28.2 Å². The van der Waals surface area contributed by atoms with Gasteiger partial charge in [0.1, 0.15) is 0 Å². The molecule has 1 saturated carbocycles. The third-order valence-electron chi connectivity index (χ3n) is 4.45. The number of rotatable bonds is 5. The molecule has 1 N–H and O–H groups in total. The first-order valence-corrected chi connectivity index (χ1v) is 8.16. The van der Waals surface area contributed by atoms with Crippen molar-refractivity contribution in [1.82, 2.24) is 9.88 Å². The Labute approximate surface area is 126 Å². The average molecular weight is 291 g/mol. The Morgan fingerprint density at radius 1 is 1.15 bits per heavy atom. The number of fused-ring (bicyclic) bond motifs is 1. The van der Waals surface area contributed by atoms with Gasteiger partial charge < -0.3 is 9.88 Å². The number of nitrogens with one attached hydrogen (secondary N) is 1. The van der Waals surface area contributed by atoms with Crippen molar-refractivity contribution in [3.8, 4) is 0 Å². The maximum atomic E-state index is 6.20. The van der Waals surface area contributed by atoms with Gasteiger partial charge in [0.2, 0.25) is 0 Å². The first kappa shape index (κ1) is 14.0. The minimum absolute atomic E-state index is 0.844. The molecule has 2 aromatic rings. The van der Waals surface area contributed by atoms with E-state index in [4.69, 9.17) is 11.6 Å². The van der Waals surface area contributed by atoms with Crippen LogP contribution in [0, 0.1) is 5.92 Å². The second kappa shape index (κ2) is 6.64. The van der Waals surface area contributed by atoms with Crippen molar-refractivity contribution in [2.24, 2.45) is 5.92 Å². The highest BCUT2D eigenvalue weighted by Gasteiger charge is 2.12. The lowest BCUT2D eigenvalue weighted by atomic mass is 9.89. The molecule has 0 aliphatic heterocycles. The highest BCUT2D eigenvalue weighted by molar-refractivity contribution is 6.35. The molecular weight excluding hydrogens is 268 g/mol. The van der Waals surface area contributed by atoms with Crippen LogP contribution < -0.4 is 5.32 Å². The van der Waals surface area contributed by atoms with Gasteiger partial charge in [0.15, 0.2) is 0 Å². The molecule has 20 heavy (non-hydrogen) atoms. The largest absolute Gasteiger partial charge is 0.346 e. The van der Waals surface area contributed by atoms with Crippen LogP contribution >= 0.6 is 11.6 Å². The summed E-state index contributed by atoms with van der Waals surface area (Å²) in [6.07, 6.45) is 9.25. The quantitative estimate of drug-likeness (QED) is 0.804. The maximum Gasteiger partial charge on any atom is 0.0499 e. The van der Waals surface area contributed by atoms with Crippen LogP contribution in [0.2, 0.25) is 5.02 Å². The highest BCUT2D eigenvalue weighted by Crippen LogP contribution is 2.24. The Morgan fingerprint density at radius 3 is 2.85 bits per heavy atom. The lowest BCUT2D eigenvalue weighted by molar-refractivity contribution is 0.341. The molecule has 1 aliphatic carbocycles. The van der Waals surface area contributed by atoms with Gasteiger partial charge in [-0.2, -0.15) is 0 Å². The fourth-order valence-corrected chi connectivity index (χ4v) is 3.51. The van der Waals surface area contributed by atoms with Gasteiger partial charge in [-0.15, -0.1) is 0 Å². The topological polar surface area (TPSA) is 17.0 Å². The summed E-state index contributed by atoms with van der Waals surface area (Å²) in [6.45, 7) is 3.23. The summed E-state index contributed by atoms with van der Waals surface area (Å²) < 4.78 is 2.29. The zero-order valence-electron chi connectivity index (χ0n) is 11.9. The van der Waals surface area contributed by atoms with Crippen LogP contribution in [-0.2, 0) is 6.54 Å². The van der Waals surface area contributed by atoms with Crippen LogP contribution in [0.5, 0.6) is 0 Å². The van der Waals surface area contributed by atoms with E-state index in [1.54, 1.807) is 0 Å². The third kappa shape index (κ3) is 3.18. The number of aromatic nitrogens is 1. The Hall–Kier alpha value is -0.990. The van der Waals surface area contributed by atoms with Crippen molar-refractivity contribution in [3.05, 3.63) is 35.5 Å². The van der Waals surface area contributed by atoms with E-state index in [9.17, 15) is 0 Å². The second-order valence-corrected chi connectivity index (χ2v) is 6.30. The summed E-state index contributed by atoms with van der Waals surface area (Å²) >= 11 is 6.20. The maximum absolute atomic E-state index is 6.20. The lowest BCUT2D eigenvalue weighted by Gasteiger charge is -2.21. The Kier molecular flexibility index (Phi) is 4.64. The molecule has 1 aromatic heterocycles. The van der Waals surface area contributed by atoms with Crippen LogP contribution in [-0.4, -0.2) is 17.7 Å². The summed E-state index contributed by atoms with van der Waals surface area (Å²) in [5.41, 5.74) is 1.23. The minimum Gasteiger partial charge on any atom is -0.346 e. The SMILES string of the molecule is Clc1cccc2c1ccn2CCNCC1CCCCC1. The van der Waals surface area contributed by atoms with E-state index < -0.39 is 0 Å². The summed E-state index contributed by atoms with van der Waals surface area (Å²) in [5, 5.41) is 5.62. The predicted octanol–water partition coefficient (Wildman–Crippen LogP) is 4.46. The normalized spacial score (nSPS) is 16.9. The Balaban J connectivity index is 1.51. The molecule has 0 atom stereocenters. The second-order valence-electron chi connectivity index (χ2n) is 5.89. The van der Waals surface area contributed by atoms with Gasteiger partial charge in [-0.3, -0.25) is 0 Å². The predicted molar refractivity (Wildman–Crippen MR) is 86.4 cm³/mol. The van der Waals surface area contributed by atoms with Crippen LogP contribution in [0.25, 0.3) is 10.9 Å². The molecule has 2 nitrogen and oxygen atoms in total. The lowest BCUT2D eigenvalue weighted by Crippen LogP contribution is -2.27. The Bertz CT molecular complexity index is 555. The summed E-state index contributed by atoms with van der Waals surface area (Å²) in [7, 11) is 0. The number of hydrogen-bond acceptors (Lipinski definition) is 1. The summed E-state index contributed by atoms with van der Waals surface area (Å²) in [5.74, 6) is 0.902. The Morgan fingerprint density at radius 2 is 2.00 bits per heavy atom. The van der Waals surface area contributed by atoms with Gasteiger partial charge in [0.05, 0.1) is 0 Å². The van der Waals surface area contributed by atoms with Crippen molar-refractivity contribution < 1.29 is 0 Å². The fraction of sp³-hybridized carbons (Fsp3) is 0.529. The van der Waals surface area contributed by atoms with Gasteiger partial charge in [0, 0.05) is 35.2 Å². The smallest absolute Gasteiger partial charge is 0.0499 e. The highest BCUT2D eigenvalue weighted by atomic mass is 35.5. The van der Waals surface area contributed by atoms with Crippen LogP contribution in [0.4, 0.5) is 0 Å². The van der Waals surface area contributed by atoms with Crippen molar-refractivity contribution in [3.63, 3.8) is 0 Å². The van der Waals surface area contributed by atoms with Crippen LogP contribution in [0.1, 0.15) is 32.1 Å². The minimum atomic E-state index is 0.844. The fourth-order valence-electron chi connectivity index (χ4n) is 3.28. The first-order valence-electron chi connectivity index (χ1n) is 7.78. The molecular formula is C17H23ClN2. The molecule has 0 amide bonds. The molecule has 0 spiro atoms. The van der Waals surface area contributed by atoms with Crippen molar-refractivity contribution in [2.75, 3.05) is 13.1 Å². The van der Waals surface area contributed by atoms with Gasteiger partial charge in [-0.1, -0.05) is 36.9 Å². The number of halogens is 1. The van der Waals surface area contributed by atoms with E-state index in [0.29, 0.717) is 0 Å². The molecule has 0 bridgehead atoms. The van der Waals surface area contributed by atoms with Crippen molar-refractivity contribution >= 4 is 22.5 Å². The van der Waals surface area contributed by atoms with Crippen molar-refractivity contribution in [1.29, 1.82) is 0 Å². The average Bonchev–Trinajstić information content (AvgIpc) is 2.90. The van der Waals surface area contributed by atoms with Gasteiger partial charge >= 0.3 is 0 Å². The van der Waals surface area contributed by atoms with Gasteiger partial charge in [-0.25, -0.2) is 0 Å². The zero-order valence-corrected chi connectivity index (χ0v) is 12.7. The monoisotopic (exact) mass is 290 g/mol. The molecule has 1 aromatic carbocycles. The summed E-state index contributed by atoms with van der Waals surface area (Å²) in [4.78, 5) is 0. The first-order chi connectivity index (χ1) is 9.84. The standard InChI is InChI=1S/C17H23ClN2/c18-16-7-4-8-17-15(16)9-11-20(17)12-10-19-13-14-5-2-1-3-6-14/h4,7-9,11,14,19H,1-3,5-6,10,12-13H2. The van der Waals surface area contributed by atoms with Gasteiger partial charge in [-0.05, 0) is 43.5 Å². The molecule has 1 fully saturated rings. The van der Waals surface area contributed by atoms with Crippen LogP contribution in [0.15, 0.2) is 30.5 Å². The number of nitrogens with zero attached hydrogens (tertiary/aromatic N) is 1. The number of hydrogen-bond donors (Lipinski definition) is 1. The van der Waals surface area contributed by atoms with E-state index >= 15 is 0 Å².